The van der Waals surface area contributed by atoms with Gasteiger partial charge in [-0.2, -0.15) is 4.31 Å². The number of aromatic amines is 1. The lowest BCUT2D eigenvalue weighted by molar-refractivity contribution is -0.135. The van der Waals surface area contributed by atoms with E-state index in [4.69, 9.17) is 0 Å². The molecule has 106 valence electrons. The Morgan fingerprint density at radius 3 is 2.42 bits per heavy atom. The number of sulfonamides is 1. The third-order valence-corrected chi connectivity index (χ3v) is 4.96. The minimum atomic E-state index is -3.51. The Morgan fingerprint density at radius 2 is 1.95 bits per heavy atom. The average molecular weight is 286 g/mol. The number of nitrogens with zero attached hydrogens (tertiary/aromatic N) is 3. The summed E-state index contributed by atoms with van der Waals surface area (Å²) in [5.74, 6) is 0.00866. The van der Waals surface area contributed by atoms with Crippen LogP contribution in [0.25, 0.3) is 0 Å². The highest BCUT2D eigenvalue weighted by atomic mass is 32.2. The van der Waals surface area contributed by atoms with Gasteiger partial charge in [0, 0.05) is 32.1 Å². The molecule has 0 aliphatic carbocycles. The summed E-state index contributed by atoms with van der Waals surface area (Å²) in [5.41, 5.74) is 0. The highest BCUT2D eigenvalue weighted by Crippen LogP contribution is 2.15. The molecule has 1 aliphatic rings. The van der Waals surface area contributed by atoms with Crippen LogP contribution in [0.2, 0.25) is 0 Å². The molecule has 0 bridgehead atoms. The van der Waals surface area contributed by atoms with Crippen molar-refractivity contribution in [2.75, 3.05) is 26.2 Å². The maximum atomic E-state index is 12.2. The van der Waals surface area contributed by atoms with Crippen molar-refractivity contribution >= 4 is 15.9 Å². The number of H-pyrrole nitrogens is 1. The number of amides is 1. The third-order valence-electron chi connectivity index (χ3n) is 3.14. The fraction of sp³-hybridized carbons (Fsp3) is 0.636. The molecule has 8 heteroatoms. The Bertz CT molecular complexity index is 530. The van der Waals surface area contributed by atoms with E-state index in [0.717, 1.165) is 0 Å². The Labute approximate surface area is 112 Å². The lowest BCUT2D eigenvalue weighted by Gasteiger charge is -2.34. The first-order valence-corrected chi connectivity index (χ1v) is 7.64. The van der Waals surface area contributed by atoms with Crippen LogP contribution in [-0.4, -0.2) is 59.7 Å². The molecule has 0 atom stereocenters. The number of hydrogen-bond acceptors (Lipinski definition) is 4. The molecule has 1 aliphatic heterocycles. The quantitative estimate of drug-likeness (QED) is 0.840. The highest BCUT2D eigenvalue weighted by Gasteiger charge is 2.31. The Hall–Kier alpha value is -1.41. The average Bonchev–Trinajstić information content (AvgIpc) is 2.92. The van der Waals surface area contributed by atoms with Crippen LogP contribution in [0, 0.1) is 5.92 Å². The normalized spacial score (nSPS) is 17.9. The van der Waals surface area contributed by atoms with Crippen LogP contribution in [-0.2, 0) is 14.8 Å². The van der Waals surface area contributed by atoms with Gasteiger partial charge in [-0.1, -0.05) is 13.8 Å². The predicted octanol–water partition coefficient (Wildman–Crippen LogP) is -0.101. The zero-order valence-corrected chi connectivity index (χ0v) is 11.9. The van der Waals surface area contributed by atoms with Crippen LogP contribution in [0.1, 0.15) is 13.8 Å². The van der Waals surface area contributed by atoms with Crippen molar-refractivity contribution in [2.45, 2.75) is 18.9 Å². The molecular formula is C11H18N4O3S. The van der Waals surface area contributed by atoms with Crippen LogP contribution in [0.4, 0.5) is 0 Å². The Morgan fingerprint density at radius 1 is 1.32 bits per heavy atom. The van der Waals surface area contributed by atoms with Gasteiger partial charge in [-0.3, -0.25) is 4.79 Å². The van der Waals surface area contributed by atoms with Gasteiger partial charge in [0.15, 0.2) is 5.03 Å². The Kier molecular flexibility index (Phi) is 3.91. The molecule has 1 aromatic rings. The number of piperazine rings is 1. The van der Waals surface area contributed by atoms with Crippen molar-refractivity contribution in [2.24, 2.45) is 5.92 Å². The second-order valence-electron chi connectivity index (χ2n) is 4.80. The number of carbonyl (C=O) groups excluding carboxylic acids is 1. The van der Waals surface area contributed by atoms with E-state index in [1.165, 1.54) is 16.8 Å². The lowest BCUT2D eigenvalue weighted by Crippen LogP contribution is -2.51. The maximum Gasteiger partial charge on any atom is 0.260 e. The largest absolute Gasteiger partial charge is 0.340 e. The molecule has 1 amide bonds. The number of carbonyl (C=O) groups is 1. The van der Waals surface area contributed by atoms with Crippen molar-refractivity contribution in [3.8, 4) is 0 Å². The zero-order valence-electron chi connectivity index (χ0n) is 11.0. The summed E-state index contributed by atoms with van der Waals surface area (Å²) >= 11 is 0. The summed E-state index contributed by atoms with van der Waals surface area (Å²) < 4.78 is 25.8. The molecular weight excluding hydrogens is 268 g/mol. The fourth-order valence-corrected chi connectivity index (χ4v) is 3.36. The van der Waals surface area contributed by atoms with Gasteiger partial charge in [-0.15, -0.1) is 0 Å². The molecule has 2 rings (SSSR count). The smallest absolute Gasteiger partial charge is 0.260 e. The molecule has 0 unspecified atom stereocenters. The van der Waals surface area contributed by atoms with E-state index in [9.17, 15) is 13.2 Å². The SMILES string of the molecule is CC(C)C(=O)N1CCN(S(=O)(=O)c2cnc[nH]2)CC1. The van der Waals surface area contributed by atoms with E-state index in [0.29, 0.717) is 26.2 Å². The number of rotatable bonds is 3. The number of hydrogen-bond donors (Lipinski definition) is 1. The summed E-state index contributed by atoms with van der Waals surface area (Å²) in [5, 5.41) is 0.0936. The minimum absolute atomic E-state index is 0.0595. The van der Waals surface area contributed by atoms with Gasteiger partial charge < -0.3 is 9.88 Å². The lowest BCUT2D eigenvalue weighted by atomic mass is 10.2. The molecule has 1 saturated heterocycles. The number of imidazole rings is 1. The van der Waals surface area contributed by atoms with E-state index in [-0.39, 0.29) is 16.9 Å². The van der Waals surface area contributed by atoms with E-state index in [1.807, 2.05) is 13.8 Å². The molecule has 0 spiro atoms. The van der Waals surface area contributed by atoms with Crippen molar-refractivity contribution < 1.29 is 13.2 Å². The van der Waals surface area contributed by atoms with E-state index in [2.05, 4.69) is 9.97 Å². The monoisotopic (exact) mass is 286 g/mol. The first-order chi connectivity index (χ1) is 8.93. The second-order valence-corrected chi connectivity index (χ2v) is 6.71. The number of aromatic nitrogens is 2. The van der Waals surface area contributed by atoms with Gasteiger partial charge in [0.1, 0.15) is 0 Å². The summed E-state index contributed by atoms with van der Waals surface area (Å²) in [6, 6.07) is 0. The van der Waals surface area contributed by atoms with Gasteiger partial charge in [-0.05, 0) is 0 Å². The summed E-state index contributed by atoms with van der Waals surface area (Å²) in [6.07, 6.45) is 2.63. The topological polar surface area (TPSA) is 86.4 Å². The molecule has 2 heterocycles. The van der Waals surface area contributed by atoms with Gasteiger partial charge in [0.25, 0.3) is 10.0 Å². The third kappa shape index (κ3) is 2.79. The summed E-state index contributed by atoms with van der Waals surface area (Å²) in [4.78, 5) is 19.9. The van der Waals surface area contributed by atoms with E-state index in [1.54, 1.807) is 4.90 Å². The minimum Gasteiger partial charge on any atom is -0.340 e. The molecule has 1 aromatic heterocycles. The van der Waals surface area contributed by atoms with Crippen molar-refractivity contribution in [3.05, 3.63) is 12.5 Å². The van der Waals surface area contributed by atoms with Crippen LogP contribution in [0.5, 0.6) is 0 Å². The van der Waals surface area contributed by atoms with Crippen molar-refractivity contribution in [1.82, 2.24) is 19.2 Å². The Balaban J connectivity index is 2.03. The number of nitrogens with one attached hydrogen (secondary N) is 1. The standard InChI is InChI=1S/C11H18N4O3S/c1-9(2)11(16)14-3-5-15(6-4-14)19(17,18)10-7-12-8-13-10/h7-9H,3-6H2,1-2H3,(H,12,13). The second kappa shape index (κ2) is 5.30. The summed E-state index contributed by atoms with van der Waals surface area (Å²) in [6.45, 7) is 5.19. The molecule has 1 fully saturated rings. The van der Waals surface area contributed by atoms with Crippen molar-refractivity contribution in [3.63, 3.8) is 0 Å². The van der Waals surface area contributed by atoms with Crippen molar-refractivity contribution in [1.29, 1.82) is 0 Å². The molecule has 7 nitrogen and oxygen atoms in total. The fourth-order valence-electron chi connectivity index (χ4n) is 2.04. The van der Waals surface area contributed by atoms with E-state index < -0.39 is 10.0 Å². The molecule has 1 N–H and O–H groups in total. The molecule has 0 saturated carbocycles. The van der Waals surface area contributed by atoms with Gasteiger partial charge in [-0.25, -0.2) is 13.4 Å². The molecule has 19 heavy (non-hydrogen) atoms. The van der Waals surface area contributed by atoms with Crippen LogP contribution in [0.3, 0.4) is 0 Å². The first-order valence-electron chi connectivity index (χ1n) is 6.20. The highest BCUT2D eigenvalue weighted by molar-refractivity contribution is 7.89. The molecule has 0 radical (unpaired) electrons. The van der Waals surface area contributed by atoms with Crippen LogP contribution < -0.4 is 0 Å². The van der Waals surface area contributed by atoms with Gasteiger partial charge in [0.05, 0.1) is 12.5 Å². The summed E-state index contributed by atoms with van der Waals surface area (Å²) in [7, 11) is -3.51. The first kappa shape index (κ1) is 14.0. The van der Waals surface area contributed by atoms with Crippen LogP contribution >= 0.6 is 0 Å². The van der Waals surface area contributed by atoms with E-state index >= 15 is 0 Å². The molecule has 0 aromatic carbocycles. The predicted molar refractivity (Wildman–Crippen MR) is 68.8 cm³/mol. The van der Waals surface area contributed by atoms with Gasteiger partial charge >= 0.3 is 0 Å². The van der Waals surface area contributed by atoms with Crippen LogP contribution in [0.15, 0.2) is 17.6 Å². The zero-order chi connectivity index (χ0) is 14.0. The van der Waals surface area contributed by atoms with Gasteiger partial charge in [0.2, 0.25) is 5.91 Å². The maximum absolute atomic E-state index is 12.2.